The first kappa shape index (κ1) is 12.9. The molecule has 4 nitrogen and oxygen atoms in total. The predicted molar refractivity (Wildman–Crippen MR) is 55.6 cm³/mol. The summed E-state index contributed by atoms with van der Waals surface area (Å²) in [5, 5.41) is 8.47. The largest absolute Gasteiger partial charge is 0.395 e. The molecule has 0 fully saturated rings. The summed E-state index contributed by atoms with van der Waals surface area (Å²) in [6.45, 7) is 0.767. The van der Waals surface area contributed by atoms with Crippen molar-refractivity contribution in [2.24, 2.45) is 0 Å². The summed E-state index contributed by atoms with van der Waals surface area (Å²) in [6, 6.07) is 2.17. The molecule has 1 aromatic carbocycles. The molecule has 0 aliphatic heterocycles. The van der Waals surface area contributed by atoms with E-state index in [0.29, 0.717) is 0 Å². The predicted octanol–water partition coefficient (Wildman–Crippen LogP) is 1.01. The van der Waals surface area contributed by atoms with Crippen LogP contribution >= 0.6 is 0 Å². The summed E-state index contributed by atoms with van der Waals surface area (Å²) in [5.41, 5.74) is -0.587. The highest BCUT2D eigenvalue weighted by Gasteiger charge is 2.17. The molecule has 2 N–H and O–H groups in total. The Morgan fingerprint density at radius 1 is 1.38 bits per heavy atom. The molecule has 0 atom stereocenters. The molecule has 0 heterocycles. The molecule has 90 valence electrons. The van der Waals surface area contributed by atoms with Gasteiger partial charge >= 0.3 is 0 Å². The third kappa shape index (κ3) is 2.89. The summed E-state index contributed by atoms with van der Waals surface area (Å²) < 4.78 is 50.8. The zero-order valence-corrected chi connectivity index (χ0v) is 9.31. The monoisotopic (exact) mass is 251 g/mol. The van der Waals surface area contributed by atoms with E-state index in [2.05, 4.69) is 0 Å². The number of rotatable bonds is 4. The van der Waals surface area contributed by atoms with Crippen molar-refractivity contribution in [2.75, 3.05) is 17.1 Å². The van der Waals surface area contributed by atoms with Crippen molar-refractivity contribution in [1.82, 2.24) is 0 Å². The number of halogens is 2. The van der Waals surface area contributed by atoms with Gasteiger partial charge in [0.1, 0.15) is 11.5 Å². The zero-order chi connectivity index (χ0) is 12.3. The maximum Gasteiger partial charge on any atom is 0.235 e. The third-order valence-electron chi connectivity index (χ3n) is 1.90. The molecule has 0 aliphatic carbocycles. The van der Waals surface area contributed by atoms with Crippen LogP contribution in [0.25, 0.3) is 0 Å². The molecule has 7 heteroatoms. The highest BCUT2D eigenvalue weighted by Crippen LogP contribution is 2.22. The number of aryl methyl sites for hydroxylation is 1. The van der Waals surface area contributed by atoms with Crippen molar-refractivity contribution in [3.63, 3.8) is 0 Å². The first-order valence-electron chi connectivity index (χ1n) is 4.43. The Labute approximate surface area is 92.0 Å². The number of anilines is 1. The quantitative estimate of drug-likeness (QED) is 0.839. The SMILES string of the molecule is Cc1ccc(F)c(NS(=O)(=O)CCO)c1F. The van der Waals surface area contributed by atoms with Crippen molar-refractivity contribution >= 4 is 15.7 Å². The van der Waals surface area contributed by atoms with Crippen LogP contribution in [0, 0.1) is 18.6 Å². The number of nitrogens with one attached hydrogen (secondary N) is 1. The van der Waals surface area contributed by atoms with Gasteiger partial charge in [-0.05, 0) is 18.6 Å². The molecular weight excluding hydrogens is 240 g/mol. The number of sulfonamides is 1. The van der Waals surface area contributed by atoms with Crippen LogP contribution in [-0.4, -0.2) is 25.9 Å². The molecule has 0 spiro atoms. The van der Waals surface area contributed by atoms with Crippen LogP contribution in [0.4, 0.5) is 14.5 Å². The minimum Gasteiger partial charge on any atom is -0.395 e. The normalized spacial score (nSPS) is 11.5. The first-order valence-corrected chi connectivity index (χ1v) is 6.08. The number of hydrogen-bond donors (Lipinski definition) is 2. The summed E-state index contributed by atoms with van der Waals surface area (Å²) in [7, 11) is -3.93. The van der Waals surface area contributed by atoms with Crippen molar-refractivity contribution in [3.05, 3.63) is 29.3 Å². The van der Waals surface area contributed by atoms with Gasteiger partial charge < -0.3 is 5.11 Å². The van der Waals surface area contributed by atoms with Crippen LogP contribution in [0.15, 0.2) is 12.1 Å². The van der Waals surface area contributed by atoms with Gasteiger partial charge in [-0.3, -0.25) is 4.72 Å². The molecule has 0 saturated heterocycles. The van der Waals surface area contributed by atoms with Crippen molar-refractivity contribution in [1.29, 1.82) is 0 Å². The zero-order valence-electron chi connectivity index (χ0n) is 8.50. The number of aliphatic hydroxyl groups is 1. The summed E-state index contributed by atoms with van der Waals surface area (Å²) in [4.78, 5) is 0. The van der Waals surface area contributed by atoms with Crippen molar-refractivity contribution < 1.29 is 22.3 Å². The van der Waals surface area contributed by atoms with Crippen LogP contribution in [0.2, 0.25) is 0 Å². The van der Waals surface area contributed by atoms with Gasteiger partial charge in [-0.2, -0.15) is 0 Å². The van der Waals surface area contributed by atoms with Crippen LogP contribution < -0.4 is 4.72 Å². The molecule has 1 rings (SSSR count). The molecule has 16 heavy (non-hydrogen) atoms. The van der Waals surface area contributed by atoms with Gasteiger partial charge in [0, 0.05) is 0 Å². The second kappa shape index (κ2) is 4.75. The standard InChI is InChI=1S/C9H11F2NO3S/c1-6-2-3-7(10)9(8(6)11)12-16(14,15)5-4-13/h2-3,12-13H,4-5H2,1H3. The third-order valence-corrected chi connectivity index (χ3v) is 3.14. The molecule has 0 radical (unpaired) electrons. The van der Waals surface area contributed by atoms with Gasteiger partial charge in [0.2, 0.25) is 10.0 Å². The second-order valence-electron chi connectivity index (χ2n) is 3.20. The summed E-state index contributed by atoms with van der Waals surface area (Å²) >= 11 is 0. The van der Waals surface area contributed by atoms with E-state index >= 15 is 0 Å². The van der Waals surface area contributed by atoms with E-state index in [1.807, 2.05) is 0 Å². The fourth-order valence-electron chi connectivity index (χ4n) is 1.08. The number of hydrogen-bond acceptors (Lipinski definition) is 3. The van der Waals surface area contributed by atoms with E-state index in [1.165, 1.54) is 13.0 Å². The first-order chi connectivity index (χ1) is 7.37. The minimum atomic E-state index is -3.93. The smallest absolute Gasteiger partial charge is 0.235 e. The van der Waals surface area contributed by atoms with Crippen LogP contribution in [0.5, 0.6) is 0 Å². The average molecular weight is 251 g/mol. The lowest BCUT2D eigenvalue weighted by Gasteiger charge is -2.10. The second-order valence-corrected chi connectivity index (χ2v) is 5.04. The van der Waals surface area contributed by atoms with Crippen LogP contribution in [0.1, 0.15) is 5.56 Å². The lowest BCUT2D eigenvalue weighted by molar-refractivity contribution is 0.320. The van der Waals surface area contributed by atoms with E-state index in [-0.39, 0.29) is 5.56 Å². The Bertz CT molecular complexity index is 488. The van der Waals surface area contributed by atoms with Crippen LogP contribution in [0.3, 0.4) is 0 Å². The highest BCUT2D eigenvalue weighted by atomic mass is 32.2. The Hall–Kier alpha value is -1.21. The molecule has 0 saturated carbocycles. The van der Waals surface area contributed by atoms with E-state index in [9.17, 15) is 17.2 Å². The van der Waals surface area contributed by atoms with Crippen LogP contribution in [-0.2, 0) is 10.0 Å². The van der Waals surface area contributed by atoms with Gasteiger partial charge in [-0.15, -0.1) is 0 Å². The van der Waals surface area contributed by atoms with E-state index < -0.39 is 39.7 Å². The fraction of sp³-hybridized carbons (Fsp3) is 0.333. The lowest BCUT2D eigenvalue weighted by Crippen LogP contribution is -2.20. The lowest BCUT2D eigenvalue weighted by atomic mass is 10.2. The van der Waals surface area contributed by atoms with Gasteiger partial charge in [-0.25, -0.2) is 17.2 Å². The van der Waals surface area contributed by atoms with Gasteiger partial charge in [0.25, 0.3) is 0 Å². The Kier molecular flexibility index (Phi) is 3.82. The van der Waals surface area contributed by atoms with Crippen molar-refractivity contribution in [2.45, 2.75) is 6.92 Å². The van der Waals surface area contributed by atoms with E-state index in [4.69, 9.17) is 5.11 Å². The van der Waals surface area contributed by atoms with Crippen molar-refractivity contribution in [3.8, 4) is 0 Å². The maximum atomic E-state index is 13.4. The van der Waals surface area contributed by atoms with Gasteiger partial charge in [-0.1, -0.05) is 6.07 Å². The topological polar surface area (TPSA) is 66.4 Å². The molecule has 1 aromatic rings. The van der Waals surface area contributed by atoms with E-state index in [1.54, 1.807) is 4.72 Å². The van der Waals surface area contributed by atoms with Gasteiger partial charge in [0.05, 0.1) is 12.4 Å². The Morgan fingerprint density at radius 2 is 2.00 bits per heavy atom. The highest BCUT2D eigenvalue weighted by molar-refractivity contribution is 7.92. The molecule has 0 unspecified atom stereocenters. The molecular formula is C9H11F2NO3S. The minimum absolute atomic E-state index is 0.128. The summed E-state index contributed by atoms with van der Waals surface area (Å²) in [5.74, 6) is -2.56. The molecule has 0 amide bonds. The summed E-state index contributed by atoms with van der Waals surface area (Å²) in [6.07, 6.45) is 0. The Morgan fingerprint density at radius 3 is 2.56 bits per heavy atom. The van der Waals surface area contributed by atoms with E-state index in [0.717, 1.165) is 6.07 Å². The number of aliphatic hydroxyl groups excluding tert-OH is 1. The average Bonchev–Trinajstić information content (AvgIpc) is 2.19. The molecule has 0 aromatic heterocycles. The molecule has 0 aliphatic rings. The molecule has 0 bridgehead atoms. The fourth-order valence-corrected chi connectivity index (χ4v) is 1.92. The Balaban J connectivity index is 3.11. The number of benzene rings is 1. The maximum absolute atomic E-state index is 13.4. The van der Waals surface area contributed by atoms with Gasteiger partial charge in [0.15, 0.2) is 5.82 Å².